The fraction of sp³-hybridized carbons (Fsp3) is 0.467. The molecule has 0 amide bonds. The third-order valence-electron chi connectivity index (χ3n) is 2.88. The van der Waals surface area contributed by atoms with Crippen molar-refractivity contribution in [1.29, 1.82) is 0 Å². The minimum absolute atomic E-state index is 0.00159. The van der Waals surface area contributed by atoms with Gasteiger partial charge in [0.25, 0.3) is 0 Å². The summed E-state index contributed by atoms with van der Waals surface area (Å²) in [7, 11) is 0. The number of carbonyl (C=O) groups is 2. The molecule has 110 valence electrons. The van der Waals surface area contributed by atoms with E-state index in [1.807, 2.05) is 13.0 Å². The maximum Gasteiger partial charge on any atom is 0.342 e. The van der Waals surface area contributed by atoms with E-state index in [2.05, 4.69) is 0 Å². The molecule has 0 aromatic rings. The quantitative estimate of drug-likeness (QED) is 0.574. The van der Waals surface area contributed by atoms with Crippen LogP contribution in [0.2, 0.25) is 0 Å². The summed E-state index contributed by atoms with van der Waals surface area (Å²) >= 11 is 0. The average Bonchev–Trinajstić information content (AvgIpc) is 2.56. The van der Waals surface area contributed by atoms with Gasteiger partial charge in [-0.1, -0.05) is 25.2 Å². The summed E-state index contributed by atoms with van der Waals surface area (Å²) in [5, 5.41) is 18.5. The standard InChI is InChI=1S/C15H20O5/c1-4-5-6-7-8-15(3)13(17)12(14(18)19)11(20-15)9-10(2)16/h5-8,10,16H,4,9H2,1-3H3,(H,18,19). The Labute approximate surface area is 118 Å². The Hall–Kier alpha value is -1.88. The van der Waals surface area contributed by atoms with Crippen molar-refractivity contribution in [2.24, 2.45) is 0 Å². The molecule has 1 rings (SSSR count). The van der Waals surface area contributed by atoms with Crippen LogP contribution in [0.25, 0.3) is 0 Å². The van der Waals surface area contributed by atoms with Crippen LogP contribution in [0.5, 0.6) is 0 Å². The second kappa shape index (κ2) is 6.52. The second-order valence-corrected chi connectivity index (χ2v) is 4.89. The summed E-state index contributed by atoms with van der Waals surface area (Å²) in [5.41, 5.74) is -1.70. The fourth-order valence-electron chi connectivity index (χ4n) is 1.92. The summed E-state index contributed by atoms with van der Waals surface area (Å²) in [4.78, 5) is 23.4. The predicted molar refractivity (Wildman–Crippen MR) is 74.0 cm³/mol. The van der Waals surface area contributed by atoms with Crippen molar-refractivity contribution in [3.63, 3.8) is 0 Å². The van der Waals surface area contributed by atoms with Gasteiger partial charge in [-0.3, -0.25) is 4.79 Å². The van der Waals surface area contributed by atoms with Gasteiger partial charge < -0.3 is 14.9 Å². The Kier molecular flexibility index (Phi) is 5.27. The number of aliphatic carboxylic acids is 1. The van der Waals surface area contributed by atoms with Crippen molar-refractivity contribution < 1.29 is 24.5 Å². The van der Waals surface area contributed by atoms with Crippen molar-refractivity contribution >= 4 is 11.8 Å². The van der Waals surface area contributed by atoms with Gasteiger partial charge in [0.2, 0.25) is 5.78 Å². The third-order valence-corrected chi connectivity index (χ3v) is 2.88. The minimum atomic E-state index is -1.33. The van der Waals surface area contributed by atoms with Crippen LogP contribution < -0.4 is 0 Å². The van der Waals surface area contributed by atoms with Gasteiger partial charge in [0, 0.05) is 6.42 Å². The lowest BCUT2D eigenvalue weighted by atomic mass is 9.96. The number of allylic oxidation sites excluding steroid dienone is 3. The number of hydrogen-bond acceptors (Lipinski definition) is 4. The largest absolute Gasteiger partial charge is 0.478 e. The van der Waals surface area contributed by atoms with E-state index in [9.17, 15) is 14.7 Å². The zero-order valence-electron chi connectivity index (χ0n) is 11.9. The van der Waals surface area contributed by atoms with Crippen molar-refractivity contribution in [2.45, 2.75) is 45.3 Å². The molecule has 1 aliphatic heterocycles. The summed E-state index contributed by atoms with van der Waals surface area (Å²) in [6.45, 7) is 5.01. The number of hydrogen-bond donors (Lipinski definition) is 2. The molecule has 0 saturated carbocycles. The number of carbonyl (C=O) groups excluding carboxylic acids is 1. The zero-order chi connectivity index (χ0) is 15.3. The summed E-state index contributed by atoms with van der Waals surface area (Å²) in [5.74, 6) is -1.89. The summed E-state index contributed by atoms with van der Waals surface area (Å²) in [6.07, 6.45) is 6.95. The number of Topliss-reactive ketones (excluding diaryl/α,β-unsaturated/α-hetero) is 1. The fourth-order valence-corrected chi connectivity index (χ4v) is 1.92. The van der Waals surface area contributed by atoms with Crippen LogP contribution in [-0.2, 0) is 14.3 Å². The van der Waals surface area contributed by atoms with E-state index in [0.717, 1.165) is 6.42 Å². The molecule has 0 saturated heterocycles. The molecule has 1 aliphatic rings. The topological polar surface area (TPSA) is 83.8 Å². The molecule has 1 heterocycles. The van der Waals surface area contributed by atoms with Crippen LogP contribution >= 0.6 is 0 Å². The van der Waals surface area contributed by atoms with E-state index >= 15 is 0 Å². The Morgan fingerprint density at radius 3 is 2.60 bits per heavy atom. The number of ether oxygens (including phenoxy) is 1. The lowest BCUT2D eigenvalue weighted by molar-refractivity contribution is -0.135. The molecule has 5 nitrogen and oxygen atoms in total. The Bertz CT molecular complexity index is 484. The lowest BCUT2D eigenvalue weighted by Gasteiger charge is -2.19. The molecule has 0 fully saturated rings. The van der Waals surface area contributed by atoms with Crippen LogP contribution in [-0.4, -0.2) is 33.7 Å². The van der Waals surface area contributed by atoms with E-state index in [4.69, 9.17) is 9.84 Å². The molecule has 0 radical (unpaired) electrons. The highest BCUT2D eigenvalue weighted by Crippen LogP contribution is 2.34. The molecular weight excluding hydrogens is 260 g/mol. The van der Waals surface area contributed by atoms with E-state index in [-0.39, 0.29) is 17.8 Å². The van der Waals surface area contributed by atoms with Gasteiger partial charge in [0.05, 0.1) is 6.10 Å². The van der Waals surface area contributed by atoms with Gasteiger partial charge in [-0.15, -0.1) is 0 Å². The van der Waals surface area contributed by atoms with E-state index in [1.165, 1.54) is 19.9 Å². The molecule has 0 bridgehead atoms. The van der Waals surface area contributed by atoms with Gasteiger partial charge in [0.1, 0.15) is 11.3 Å². The number of aliphatic hydroxyl groups is 1. The maximum atomic E-state index is 12.2. The molecule has 0 aromatic carbocycles. The first-order valence-corrected chi connectivity index (χ1v) is 6.54. The molecule has 20 heavy (non-hydrogen) atoms. The van der Waals surface area contributed by atoms with Crippen molar-refractivity contribution in [3.8, 4) is 0 Å². The Morgan fingerprint density at radius 1 is 1.45 bits per heavy atom. The zero-order valence-corrected chi connectivity index (χ0v) is 11.9. The smallest absolute Gasteiger partial charge is 0.342 e. The molecule has 0 aromatic heterocycles. The van der Waals surface area contributed by atoms with E-state index < -0.39 is 23.5 Å². The highest BCUT2D eigenvalue weighted by molar-refractivity contribution is 6.22. The van der Waals surface area contributed by atoms with Crippen LogP contribution in [0.4, 0.5) is 0 Å². The number of rotatable bonds is 6. The monoisotopic (exact) mass is 280 g/mol. The molecule has 0 spiro atoms. The van der Waals surface area contributed by atoms with Gasteiger partial charge in [-0.2, -0.15) is 0 Å². The highest BCUT2D eigenvalue weighted by Gasteiger charge is 2.46. The van der Waals surface area contributed by atoms with Crippen LogP contribution in [0.15, 0.2) is 35.6 Å². The number of aliphatic hydroxyl groups excluding tert-OH is 1. The maximum absolute atomic E-state index is 12.2. The number of carboxylic acid groups (broad SMARTS) is 1. The third kappa shape index (κ3) is 3.57. The van der Waals surface area contributed by atoms with Crippen molar-refractivity contribution in [3.05, 3.63) is 35.6 Å². The summed E-state index contributed by atoms with van der Waals surface area (Å²) in [6, 6.07) is 0. The highest BCUT2D eigenvalue weighted by atomic mass is 16.5. The van der Waals surface area contributed by atoms with E-state index in [0.29, 0.717) is 0 Å². The van der Waals surface area contributed by atoms with Gasteiger partial charge in [-0.05, 0) is 26.3 Å². The van der Waals surface area contributed by atoms with Gasteiger partial charge >= 0.3 is 5.97 Å². The molecule has 2 N–H and O–H groups in total. The first-order valence-electron chi connectivity index (χ1n) is 6.54. The summed E-state index contributed by atoms with van der Waals surface area (Å²) < 4.78 is 5.49. The second-order valence-electron chi connectivity index (χ2n) is 4.89. The molecule has 5 heteroatoms. The Balaban J connectivity index is 3.02. The van der Waals surface area contributed by atoms with Crippen molar-refractivity contribution in [2.75, 3.05) is 0 Å². The first kappa shape index (κ1) is 16.2. The molecular formula is C15H20O5. The SMILES string of the molecule is CCC=CC=CC1(C)OC(CC(C)O)=C(C(=O)O)C1=O. The van der Waals surface area contributed by atoms with Gasteiger partial charge in [-0.25, -0.2) is 4.79 Å². The van der Waals surface area contributed by atoms with E-state index in [1.54, 1.807) is 12.2 Å². The van der Waals surface area contributed by atoms with Crippen molar-refractivity contribution in [1.82, 2.24) is 0 Å². The van der Waals surface area contributed by atoms with Crippen LogP contribution in [0.1, 0.15) is 33.6 Å². The molecule has 0 aliphatic carbocycles. The normalized spacial score (nSPS) is 24.7. The average molecular weight is 280 g/mol. The lowest BCUT2D eigenvalue weighted by Crippen LogP contribution is -2.32. The minimum Gasteiger partial charge on any atom is -0.478 e. The van der Waals surface area contributed by atoms with Gasteiger partial charge in [0.15, 0.2) is 5.60 Å². The number of ketones is 1. The molecule has 2 atom stereocenters. The Morgan fingerprint density at radius 2 is 2.10 bits per heavy atom. The van der Waals surface area contributed by atoms with Crippen LogP contribution in [0.3, 0.4) is 0 Å². The van der Waals surface area contributed by atoms with Crippen LogP contribution in [0, 0.1) is 0 Å². The molecule has 2 unspecified atom stereocenters. The first-order chi connectivity index (χ1) is 9.31. The predicted octanol–water partition coefficient (Wildman–Crippen LogP) is 1.98. The number of carboxylic acids is 1.